The highest BCUT2D eigenvalue weighted by Gasteiger charge is 2.09. The van der Waals surface area contributed by atoms with Crippen LogP contribution in [0.25, 0.3) is 4.96 Å². The Balaban J connectivity index is 1.62. The van der Waals surface area contributed by atoms with E-state index < -0.39 is 0 Å². The fourth-order valence-corrected chi connectivity index (χ4v) is 2.97. The number of halogens is 1. The summed E-state index contributed by atoms with van der Waals surface area (Å²) in [6.45, 7) is 0.536. The fourth-order valence-electron chi connectivity index (χ4n) is 1.90. The van der Waals surface area contributed by atoms with Crippen molar-refractivity contribution in [1.29, 1.82) is 0 Å². The molecule has 0 aliphatic rings. The monoisotopic (exact) mass is 306 g/mol. The topological polar surface area (TPSA) is 59.3 Å². The first-order valence-corrected chi connectivity index (χ1v) is 7.30. The van der Waals surface area contributed by atoms with E-state index in [-0.39, 0.29) is 5.91 Å². The lowest BCUT2D eigenvalue weighted by molar-refractivity contribution is 0.0954. The zero-order chi connectivity index (χ0) is 13.9. The summed E-state index contributed by atoms with van der Waals surface area (Å²) in [7, 11) is 0. The highest BCUT2D eigenvalue weighted by Crippen LogP contribution is 2.15. The van der Waals surface area contributed by atoms with E-state index in [1.54, 1.807) is 30.6 Å². The van der Waals surface area contributed by atoms with Crippen LogP contribution in [-0.4, -0.2) is 27.0 Å². The molecule has 0 radical (unpaired) electrons. The number of thiazole rings is 1. The van der Waals surface area contributed by atoms with Gasteiger partial charge in [0.15, 0.2) is 0 Å². The van der Waals surface area contributed by atoms with Crippen LogP contribution >= 0.6 is 22.9 Å². The predicted octanol–water partition coefficient (Wildman–Crippen LogP) is 2.42. The summed E-state index contributed by atoms with van der Waals surface area (Å²) in [6.07, 6.45) is 2.39. The molecule has 20 heavy (non-hydrogen) atoms. The average molecular weight is 307 g/mol. The number of nitrogens with one attached hydrogen (secondary N) is 1. The maximum Gasteiger partial charge on any atom is 0.252 e. The van der Waals surface area contributed by atoms with Gasteiger partial charge in [0.25, 0.3) is 5.91 Å². The summed E-state index contributed by atoms with van der Waals surface area (Å²) in [6, 6.07) is 7.00. The van der Waals surface area contributed by atoms with Gasteiger partial charge in [-0.1, -0.05) is 23.7 Å². The van der Waals surface area contributed by atoms with Crippen molar-refractivity contribution in [3.05, 3.63) is 52.3 Å². The summed E-state index contributed by atoms with van der Waals surface area (Å²) >= 11 is 7.52. The number of carbonyl (C=O) groups is 1. The molecule has 0 bridgehead atoms. The van der Waals surface area contributed by atoms with Crippen molar-refractivity contribution in [3.8, 4) is 0 Å². The smallest absolute Gasteiger partial charge is 0.252 e. The molecule has 2 aromatic heterocycles. The van der Waals surface area contributed by atoms with Crippen LogP contribution < -0.4 is 5.32 Å². The Labute approximate surface area is 124 Å². The zero-order valence-electron chi connectivity index (χ0n) is 10.4. The second kappa shape index (κ2) is 5.60. The number of hydrogen-bond donors (Lipinski definition) is 1. The van der Waals surface area contributed by atoms with Crippen molar-refractivity contribution in [1.82, 2.24) is 19.9 Å². The lowest BCUT2D eigenvalue weighted by atomic mass is 10.2. The second-order valence-corrected chi connectivity index (χ2v) is 5.44. The van der Waals surface area contributed by atoms with E-state index >= 15 is 0 Å². The van der Waals surface area contributed by atoms with Crippen LogP contribution in [0.2, 0.25) is 5.02 Å². The molecule has 5 nitrogen and oxygen atoms in total. The zero-order valence-corrected chi connectivity index (χ0v) is 12.0. The van der Waals surface area contributed by atoms with E-state index in [9.17, 15) is 4.79 Å². The molecule has 0 aliphatic carbocycles. The van der Waals surface area contributed by atoms with Gasteiger partial charge in [-0.15, -0.1) is 21.5 Å². The third-order valence-corrected chi connectivity index (χ3v) is 4.12. The fraction of sp³-hybridized carbons (Fsp3) is 0.154. The van der Waals surface area contributed by atoms with Gasteiger partial charge in [0.05, 0.1) is 10.6 Å². The van der Waals surface area contributed by atoms with Gasteiger partial charge in [-0.05, 0) is 12.1 Å². The summed E-state index contributed by atoms with van der Waals surface area (Å²) in [5.74, 6) is -0.161. The lowest BCUT2D eigenvalue weighted by Crippen LogP contribution is -2.26. The number of hydrogen-bond acceptors (Lipinski definition) is 4. The summed E-state index contributed by atoms with van der Waals surface area (Å²) in [5, 5.41) is 13.2. The van der Waals surface area contributed by atoms with Crippen molar-refractivity contribution < 1.29 is 4.79 Å². The van der Waals surface area contributed by atoms with Crippen molar-refractivity contribution >= 4 is 33.8 Å². The van der Waals surface area contributed by atoms with Gasteiger partial charge in [0.1, 0.15) is 6.33 Å². The van der Waals surface area contributed by atoms with Gasteiger partial charge < -0.3 is 5.32 Å². The van der Waals surface area contributed by atoms with E-state index in [1.165, 1.54) is 11.3 Å². The van der Waals surface area contributed by atoms with Gasteiger partial charge >= 0.3 is 0 Å². The SMILES string of the molecule is O=C(NCCc1csc2nncn12)c1ccccc1Cl. The summed E-state index contributed by atoms with van der Waals surface area (Å²) in [5.41, 5.74) is 1.57. The first-order chi connectivity index (χ1) is 9.75. The van der Waals surface area contributed by atoms with Crippen LogP contribution in [0, 0.1) is 0 Å². The van der Waals surface area contributed by atoms with Gasteiger partial charge in [-0.3, -0.25) is 9.20 Å². The largest absolute Gasteiger partial charge is 0.352 e. The van der Waals surface area contributed by atoms with Crippen LogP contribution in [0.15, 0.2) is 36.0 Å². The average Bonchev–Trinajstić information content (AvgIpc) is 3.03. The first-order valence-electron chi connectivity index (χ1n) is 6.04. The minimum absolute atomic E-state index is 0.161. The molecule has 0 atom stereocenters. The highest BCUT2D eigenvalue weighted by molar-refractivity contribution is 7.15. The molecular formula is C13H11ClN4OS. The molecule has 2 heterocycles. The van der Waals surface area contributed by atoms with Crippen LogP contribution in [0.3, 0.4) is 0 Å². The molecule has 0 fully saturated rings. The number of carbonyl (C=O) groups excluding carboxylic acids is 1. The van der Waals surface area contributed by atoms with Crippen LogP contribution in [0.5, 0.6) is 0 Å². The molecule has 1 N–H and O–H groups in total. The number of fused-ring (bicyclic) bond motifs is 1. The Hall–Kier alpha value is -1.92. The van der Waals surface area contributed by atoms with Crippen molar-refractivity contribution in [2.24, 2.45) is 0 Å². The van der Waals surface area contributed by atoms with Gasteiger partial charge in [0.2, 0.25) is 4.96 Å². The Bertz CT molecular complexity index is 752. The second-order valence-electron chi connectivity index (χ2n) is 4.20. The van der Waals surface area contributed by atoms with Crippen LogP contribution in [0.1, 0.15) is 16.1 Å². The summed E-state index contributed by atoms with van der Waals surface area (Å²) < 4.78 is 1.92. The number of rotatable bonds is 4. The number of amides is 1. The molecule has 0 saturated heterocycles. The highest BCUT2D eigenvalue weighted by atomic mass is 35.5. The molecule has 0 aliphatic heterocycles. The maximum atomic E-state index is 12.0. The molecule has 3 rings (SSSR count). The molecule has 0 unspecified atom stereocenters. The van der Waals surface area contributed by atoms with Crippen LogP contribution in [0.4, 0.5) is 0 Å². The molecule has 1 amide bonds. The Morgan fingerprint density at radius 2 is 2.25 bits per heavy atom. The normalized spacial score (nSPS) is 10.8. The van der Waals surface area contributed by atoms with E-state index in [0.717, 1.165) is 10.7 Å². The standard InChI is InChI=1S/C13H11ClN4OS/c14-11-4-2-1-3-10(11)12(19)15-6-5-9-7-20-13-17-16-8-18(9)13/h1-4,7-8H,5-6H2,(H,15,19). The molecule has 3 aromatic rings. The molecule has 0 saturated carbocycles. The van der Waals surface area contributed by atoms with Crippen molar-refractivity contribution in [2.75, 3.05) is 6.54 Å². The molecule has 7 heteroatoms. The van der Waals surface area contributed by atoms with Gasteiger partial charge in [-0.25, -0.2) is 0 Å². The summed E-state index contributed by atoms with van der Waals surface area (Å²) in [4.78, 5) is 12.8. The van der Waals surface area contributed by atoms with E-state index in [4.69, 9.17) is 11.6 Å². The Kier molecular flexibility index (Phi) is 3.66. The predicted molar refractivity (Wildman–Crippen MR) is 78.4 cm³/mol. The minimum atomic E-state index is -0.161. The number of nitrogens with zero attached hydrogens (tertiary/aromatic N) is 3. The third-order valence-electron chi connectivity index (χ3n) is 2.91. The van der Waals surface area contributed by atoms with Crippen molar-refractivity contribution in [3.63, 3.8) is 0 Å². The maximum absolute atomic E-state index is 12.0. The third kappa shape index (κ3) is 2.52. The van der Waals surface area contributed by atoms with Crippen LogP contribution in [-0.2, 0) is 6.42 Å². The lowest BCUT2D eigenvalue weighted by Gasteiger charge is -2.06. The Morgan fingerprint density at radius 1 is 1.40 bits per heavy atom. The van der Waals surface area contributed by atoms with Gasteiger partial charge in [0, 0.05) is 24.0 Å². The van der Waals surface area contributed by atoms with E-state index in [0.29, 0.717) is 23.6 Å². The van der Waals surface area contributed by atoms with E-state index in [1.807, 2.05) is 9.78 Å². The van der Waals surface area contributed by atoms with Crippen molar-refractivity contribution in [2.45, 2.75) is 6.42 Å². The van der Waals surface area contributed by atoms with Gasteiger partial charge in [-0.2, -0.15) is 0 Å². The molecular weight excluding hydrogens is 296 g/mol. The first kappa shape index (κ1) is 13.1. The Morgan fingerprint density at radius 3 is 3.10 bits per heavy atom. The molecule has 102 valence electrons. The minimum Gasteiger partial charge on any atom is -0.352 e. The quantitative estimate of drug-likeness (QED) is 0.805. The molecule has 0 spiro atoms. The number of aromatic nitrogens is 3. The number of benzene rings is 1. The molecule has 1 aromatic carbocycles. The van der Waals surface area contributed by atoms with E-state index in [2.05, 4.69) is 15.5 Å².